The number of aryl methyl sites for hydroxylation is 1. The quantitative estimate of drug-likeness (QED) is 0.809. The number of fused-ring (bicyclic) bond motifs is 1. The smallest absolute Gasteiger partial charge is 0.221 e. The van der Waals surface area contributed by atoms with Gasteiger partial charge in [-0.1, -0.05) is 19.1 Å². The van der Waals surface area contributed by atoms with Gasteiger partial charge in [0.05, 0.1) is 17.4 Å². The minimum atomic E-state index is 0. The average molecular weight is 347 g/mol. The van der Waals surface area contributed by atoms with Crippen LogP contribution in [0.5, 0.6) is 0 Å². The van der Waals surface area contributed by atoms with Crippen molar-refractivity contribution in [3.63, 3.8) is 0 Å². The summed E-state index contributed by atoms with van der Waals surface area (Å²) >= 11 is 0. The molecule has 0 spiro atoms. The van der Waals surface area contributed by atoms with Crippen molar-refractivity contribution >= 4 is 41.8 Å². The van der Waals surface area contributed by atoms with E-state index in [1.807, 2.05) is 28.8 Å². The first-order valence-corrected chi connectivity index (χ1v) is 7.10. The van der Waals surface area contributed by atoms with Crippen LogP contribution in [-0.4, -0.2) is 34.6 Å². The second kappa shape index (κ2) is 10.4. The van der Waals surface area contributed by atoms with E-state index in [0.717, 1.165) is 17.6 Å². The molecular weight excluding hydrogens is 323 g/mol. The Balaban J connectivity index is 0.00000220. The molecule has 0 bridgehead atoms. The van der Waals surface area contributed by atoms with E-state index in [0.29, 0.717) is 25.6 Å². The van der Waals surface area contributed by atoms with Gasteiger partial charge in [-0.25, -0.2) is 4.98 Å². The number of benzene rings is 1. The standard InChI is InChI=1S/C15H22N4O.2ClH/c1-3-16-12(2)10-17-15(20)8-9-19-11-18-13-6-4-5-7-14(13)19;;/h4-7,11-12,16H,3,8-10H2,1-2H3,(H,17,20);2*1H/t12-;;/m1../s1. The Hall–Kier alpha value is -1.30. The van der Waals surface area contributed by atoms with Crippen molar-refractivity contribution in [3.8, 4) is 0 Å². The van der Waals surface area contributed by atoms with Crippen molar-refractivity contribution in [2.24, 2.45) is 0 Å². The molecule has 2 rings (SSSR count). The van der Waals surface area contributed by atoms with Gasteiger partial charge in [0, 0.05) is 25.6 Å². The lowest BCUT2D eigenvalue weighted by Gasteiger charge is -2.13. The number of hydrogen-bond donors (Lipinski definition) is 2. The summed E-state index contributed by atoms with van der Waals surface area (Å²) in [6.07, 6.45) is 2.26. The van der Waals surface area contributed by atoms with Crippen molar-refractivity contribution < 1.29 is 4.79 Å². The topological polar surface area (TPSA) is 58.9 Å². The Morgan fingerprint density at radius 2 is 2.05 bits per heavy atom. The Morgan fingerprint density at radius 1 is 1.32 bits per heavy atom. The first-order chi connectivity index (χ1) is 9.70. The number of hydrogen-bond acceptors (Lipinski definition) is 3. The summed E-state index contributed by atoms with van der Waals surface area (Å²) in [6.45, 7) is 6.35. The minimum absolute atomic E-state index is 0. The van der Waals surface area contributed by atoms with Gasteiger partial charge in [-0.2, -0.15) is 0 Å². The molecule has 0 aliphatic carbocycles. The van der Waals surface area contributed by atoms with Crippen molar-refractivity contribution in [3.05, 3.63) is 30.6 Å². The van der Waals surface area contributed by atoms with Gasteiger partial charge < -0.3 is 15.2 Å². The van der Waals surface area contributed by atoms with E-state index >= 15 is 0 Å². The molecule has 1 aromatic heterocycles. The Labute approximate surface area is 143 Å². The van der Waals surface area contributed by atoms with Crippen molar-refractivity contribution in [2.45, 2.75) is 32.9 Å². The molecule has 0 unspecified atom stereocenters. The van der Waals surface area contributed by atoms with Crippen LogP contribution in [0.25, 0.3) is 11.0 Å². The van der Waals surface area contributed by atoms with Crippen LogP contribution < -0.4 is 10.6 Å². The van der Waals surface area contributed by atoms with E-state index in [2.05, 4.69) is 29.5 Å². The highest BCUT2D eigenvalue weighted by molar-refractivity contribution is 5.85. The zero-order chi connectivity index (χ0) is 14.4. The number of nitrogens with zero attached hydrogens (tertiary/aromatic N) is 2. The SMILES string of the molecule is CCN[C@H](C)CNC(=O)CCn1cnc2ccccc21.Cl.Cl. The normalized spacial score (nSPS) is 11.4. The molecule has 1 heterocycles. The third-order valence-electron chi connectivity index (χ3n) is 3.27. The predicted molar refractivity (Wildman–Crippen MR) is 95.0 cm³/mol. The van der Waals surface area contributed by atoms with E-state index in [1.165, 1.54) is 0 Å². The molecule has 22 heavy (non-hydrogen) atoms. The van der Waals surface area contributed by atoms with Crippen molar-refractivity contribution in [1.29, 1.82) is 0 Å². The first-order valence-electron chi connectivity index (χ1n) is 7.10. The van der Waals surface area contributed by atoms with E-state index in [4.69, 9.17) is 0 Å². The van der Waals surface area contributed by atoms with Crippen LogP contribution in [0.1, 0.15) is 20.3 Å². The molecular formula is C15H24Cl2N4O. The first kappa shape index (κ1) is 20.7. The van der Waals surface area contributed by atoms with Gasteiger partial charge in [0.15, 0.2) is 0 Å². The molecule has 0 radical (unpaired) electrons. The molecule has 1 aromatic carbocycles. The monoisotopic (exact) mass is 346 g/mol. The maximum Gasteiger partial charge on any atom is 0.221 e. The lowest BCUT2D eigenvalue weighted by atomic mass is 10.3. The highest BCUT2D eigenvalue weighted by atomic mass is 35.5. The summed E-state index contributed by atoms with van der Waals surface area (Å²) < 4.78 is 2.02. The second-order valence-corrected chi connectivity index (χ2v) is 4.94. The number of imidazole rings is 1. The summed E-state index contributed by atoms with van der Waals surface area (Å²) in [4.78, 5) is 16.1. The van der Waals surface area contributed by atoms with Crippen LogP contribution in [0.15, 0.2) is 30.6 Å². The van der Waals surface area contributed by atoms with Crippen LogP contribution >= 0.6 is 24.8 Å². The van der Waals surface area contributed by atoms with E-state index in [1.54, 1.807) is 6.33 Å². The minimum Gasteiger partial charge on any atom is -0.354 e. The number of aromatic nitrogens is 2. The summed E-state index contributed by atoms with van der Waals surface area (Å²) in [5, 5.41) is 6.21. The molecule has 0 saturated carbocycles. The van der Waals surface area contributed by atoms with Crippen molar-refractivity contribution in [1.82, 2.24) is 20.2 Å². The molecule has 0 fully saturated rings. The van der Waals surface area contributed by atoms with Crippen molar-refractivity contribution in [2.75, 3.05) is 13.1 Å². The van der Waals surface area contributed by atoms with Crippen LogP contribution in [0, 0.1) is 0 Å². The van der Waals surface area contributed by atoms with Crippen LogP contribution in [0.3, 0.4) is 0 Å². The third kappa shape index (κ3) is 5.83. The van der Waals surface area contributed by atoms with Gasteiger partial charge in [0.1, 0.15) is 0 Å². The number of para-hydroxylation sites is 2. The molecule has 2 aromatic rings. The Morgan fingerprint density at radius 3 is 2.77 bits per heavy atom. The molecule has 1 atom stereocenters. The Bertz CT molecular complexity index is 573. The molecule has 0 saturated heterocycles. The van der Waals surface area contributed by atoms with Gasteiger partial charge >= 0.3 is 0 Å². The fourth-order valence-electron chi connectivity index (χ4n) is 2.19. The van der Waals surface area contributed by atoms with Crippen LogP contribution in [-0.2, 0) is 11.3 Å². The number of nitrogens with one attached hydrogen (secondary N) is 2. The number of carbonyl (C=O) groups is 1. The number of amides is 1. The Kier molecular flexibility index (Phi) is 9.81. The van der Waals surface area contributed by atoms with Gasteiger partial charge in [-0.15, -0.1) is 24.8 Å². The fraction of sp³-hybridized carbons (Fsp3) is 0.467. The molecule has 0 aliphatic heterocycles. The molecule has 2 N–H and O–H groups in total. The summed E-state index contributed by atoms with van der Waals surface area (Å²) in [6, 6.07) is 8.25. The highest BCUT2D eigenvalue weighted by Crippen LogP contribution is 2.11. The molecule has 7 heteroatoms. The van der Waals surface area contributed by atoms with Gasteiger partial charge in [-0.3, -0.25) is 4.79 Å². The van der Waals surface area contributed by atoms with Gasteiger partial charge in [0.2, 0.25) is 5.91 Å². The largest absolute Gasteiger partial charge is 0.354 e. The zero-order valence-corrected chi connectivity index (χ0v) is 14.5. The molecule has 1 amide bonds. The number of rotatable bonds is 7. The van der Waals surface area contributed by atoms with Crippen LogP contribution in [0.2, 0.25) is 0 Å². The second-order valence-electron chi connectivity index (χ2n) is 4.94. The molecule has 5 nitrogen and oxygen atoms in total. The third-order valence-corrected chi connectivity index (χ3v) is 3.27. The number of carbonyl (C=O) groups excluding carboxylic acids is 1. The van der Waals surface area contributed by atoms with E-state index in [-0.39, 0.29) is 30.7 Å². The maximum absolute atomic E-state index is 11.8. The predicted octanol–water partition coefficient (Wildman–Crippen LogP) is 2.38. The van der Waals surface area contributed by atoms with Gasteiger partial charge in [0.25, 0.3) is 0 Å². The molecule has 0 aliphatic rings. The fourth-order valence-corrected chi connectivity index (χ4v) is 2.19. The van der Waals surface area contributed by atoms with Gasteiger partial charge in [-0.05, 0) is 25.6 Å². The maximum atomic E-state index is 11.8. The summed E-state index contributed by atoms with van der Waals surface area (Å²) in [5.41, 5.74) is 2.04. The summed E-state index contributed by atoms with van der Waals surface area (Å²) in [7, 11) is 0. The average Bonchev–Trinajstić information content (AvgIpc) is 2.86. The number of halogens is 2. The van der Waals surface area contributed by atoms with E-state index in [9.17, 15) is 4.79 Å². The zero-order valence-electron chi connectivity index (χ0n) is 12.9. The van der Waals surface area contributed by atoms with E-state index < -0.39 is 0 Å². The molecule has 124 valence electrons. The lowest BCUT2D eigenvalue weighted by Crippen LogP contribution is -2.39. The summed E-state index contributed by atoms with van der Waals surface area (Å²) in [5.74, 6) is 0.0764. The number of likely N-dealkylation sites (N-methyl/N-ethyl adjacent to an activating group) is 1. The highest BCUT2D eigenvalue weighted by Gasteiger charge is 2.06. The van der Waals surface area contributed by atoms with Crippen LogP contribution in [0.4, 0.5) is 0 Å². The lowest BCUT2D eigenvalue weighted by molar-refractivity contribution is -0.121.